The first-order valence-electron chi connectivity index (χ1n) is 10.4. The molecule has 1 aromatic carbocycles. The van der Waals surface area contributed by atoms with Crippen LogP contribution in [0.5, 0.6) is 0 Å². The Bertz CT molecular complexity index is 1060. The maximum absolute atomic E-state index is 13.0. The summed E-state index contributed by atoms with van der Waals surface area (Å²) in [7, 11) is 1.82. The molecule has 0 bridgehead atoms. The standard InChI is InChI=1S/C23H27N5O2/c1-16-9-20(26(3)25-16)22(29)28-14-23(15-28)13-27(11-18-7-5-4-6-8-18)12-19(23)21-24-10-17(2)30-21/h4-10,19H,11-15H2,1-3H3. The van der Waals surface area contributed by atoms with Gasteiger partial charge in [0, 0.05) is 45.2 Å². The highest BCUT2D eigenvalue weighted by molar-refractivity contribution is 5.93. The van der Waals surface area contributed by atoms with Crippen LogP contribution in [0.4, 0.5) is 0 Å². The molecule has 0 aliphatic carbocycles. The Labute approximate surface area is 176 Å². The Kier molecular flexibility index (Phi) is 4.50. The van der Waals surface area contributed by atoms with Gasteiger partial charge in [0.1, 0.15) is 11.5 Å². The number of rotatable bonds is 4. The van der Waals surface area contributed by atoms with Gasteiger partial charge in [0.15, 0.2) is 5.89 Å². The van der Waals surface area contributed by atoms with Crippen LogP contribution in [0.15, 0.2) is 47.0 Å². The number of likely N-dealkylation sites (tertiary alicyclic amines) is 2. The summed E-state index contributed by atoms with van der Waals surface area (Å²) < 4.78 is 7.62. The summed E-state index contributed by atoms with van der Waals surface area (Å²) in [5.41, 5.74) is 2.79. The molecule has 1 spiro atoms. The zero-order valence-corrected chi connectivity index (χ0v) is 17.7. The molecule has 2 fully saturated rings. The molecule has 1 unspecified atom stereocenters. The van der Waals surface area contributed by atoms with Crippen LogP contribution in [0.2, 0.25) is 0 Å². The largest absolute Gasteiger partial charge is 0.446 e. The van der Waals surface area contributed by atoms with E-state index in [-0.39, 0.29) is 17.2 Å². The maximum atomic E-state index is 13.0. The zero-order valence-electron chi connectivity index (χ0n) is 17.7. The van der Waals surface area contributed by atoms with E-state index in [1.807, 2.05) is 37.9 Å². The quantitative estimate of drug-likeness (QED) is 0.668. The molecular formula is C23H27N5O2. The van der Waals surface area contributed by atoms with Crippen LogP contribution < -0.4 is 0 Å². The van der Waals surface area contributed by atoms with E-state index in [1.165, 1.54) is 5.56 Å². The Morgan fingerprint density at radius 3 is 2.60 bits per heavy atom. The van der Waals surface area contributed by atoms with E-state index in [2.05, 4.69) is 39.2 Å². The van der Waals surface area contributed by atoms with Gasteiger partial charge in [-0.15, -0.1) is 0 Å². The molecule has 7 nitrogen and oxygen atoms in total. The molecule has 5 rings (SSSR count). The highest BCUT2D eigenvalue weighted by Crippen LogP contribution is 2.49. The fourth-order valence-electron chi connectivity index (χ4n) is 5.06. The highest BCUT2D eigenvalue weighted by atomic mass is 16.4. The average molecular weight is 406 g/mol. The summed E-state index contributed by atoms with van der Waals surface area (Å²) >= 11 is 0. The van der Waals surface area contributed by atoms with Gasteiger partial charge in [0.2, 0.25) is 0 Å². The molecule has 30 heavy (non-hydrogen) atoms. The van der Waals surface area contributed by atoms with E-state index in [9.17, 15) is 4.79 Å². The van der Waals surface area contributed by atoms with Crippen LogP contribution in [0.25, 0.3) is 0 Å². The lowest BCUT2D eigenvalue weighted by Gasteiger charge is -2.50. The molecule has 1 amide bonds. The molecular weight excluding hydrogens is 378 g/mol. The SMILES string of the molecule is Cc1cc(C(=O)N2CC3(CN(Cc4ccccc4)CC3c3ncc(C)o3)C2)n(C)n1. The van der Waals surface area contributed by atoms with E-state index in [1.54, 1.807) is 10.9 Å². The molecule has 2 aliphatic heterocycles. The van der Waals surface area contributed by atoms with Crippen molar-refractivity contribution < 1.29 is 9.21 Å². The van der Waals surface area contributed by atoms with E-state index < -0.39 is 0 Å². The van der Waals surface area contributed by atoms with Crippen molar-refractivity contribution in [1.29, 1.82) is 0 Å². The molecule has 2 saturated heterocycles. The first kappa shape index (κ1) is 19.1. The van der Waals surface area contributed by atoms with Crippen molar-refractivity contribution in [2.45, 2.75) is 26.3 Å². The number of oxazole rings is 1. The third-order valence-electron chi connectivity index (χ3n) is 6.42. The van der Waals surface area contributed by atoms with Crippen LogP contribution in [0, 0.1) is 19.3 Å². The third-order valence-corrected chi connectivity index (χ3v) is 6.42. The molecule has 2 aromatic heterocycles. The minimum absolute atomic E-state index is 0.0185. The number of benzene rings is 1. The number of hydrogen-bond acceptors (Lipinski definition) is 5. The van der Waals surface area contributed by atoms with Gasteiger partial charge in [-0.1, -0.05) is 30.3 Å². The minimum Gasteiger partial charge on any atom is -0.446 e. The maximum Gasteiger partial charge on any atom is 0.272 e. The zero-order chi connectivity index (χ0) is 20.9. The van der Waals surface area contributed by atoms with Crippen molar-refractivity contribution in [2.24, 2.45) is 12.5 Å². The van der Waals surface area contributed by atoms with Gasteiger partial charge in [0.05, 0.1) is 17.8 Å². The average Bonchev–Trinajstić information content (AvgIpc) is 3.37. The molecule has 0 saturated carbocycles. The van der Waals surface area contributed by atoms with Crippen molar-refractivity contribution in [3.05, 3.63) is 71.2 Å². The summed E-state index contributed by atoms with van der Waals surface area (Å²) in [5, 5.41) is 4.32. The Morgan fingerprint density at radius 2 is 1.97 bits per heavy atom. The second kappa shape index (κ2) is 7.09. The number of hydrogen-bond donors (Lipinski definition) is 0. The van der Waals surface area contributed by atoms with Gasteiger partial charge in [-0.25, -0.2) is 4.98 Å². The van der Waals surface area contributed by atoms with Crippen molar-refractivity contribution in [3.8, 4) is 0 Å². The van der Waals surface area contributed by atoms with E-state index in [4.69, 9.17) is 4.42 Å². The fourth-order valence-corrected chi connectivity index (χ4v) is 5.06. The van der Waals surface area contributed by atoms with E-state index in [0.717, 1.165) is 37.0 Å². The van der Waals surface area contributed by atoms with Crippen LogP contribution in [0.3, 0.4) is 0 Å². The van der Waals surface area contributed by atoms with Crippen LogP contribution in [0.1, 0.15) is 39.3 Å². The minimum atomic E-state index is -0.0185. The predicted octanol–water partition coefficient (Wildman–Crippen LogP) is 2.77. The molecule has 4 heterocycles. The van der Waals surface area contributed by atoms with Crippen LogP contribution >= 0.6 is 0 Å². The van der Waals surface area contributed by atoms with Gasteiger partial charge < -0.3 is 9.32 Å². The van der Waals surface area contributed by atoms with Gasteiger partial charge in [-0.3, -0.25) is 14.4 Å². The second-order valence-electron chi connectivity index (χ2n) is 8.84. The summed E-state index contributed by atoms with van der Waals surface area (Å²) in [5.74, 6) is 1.87. The lowest BCUT2D eigenvalue weighted by Crippen LogP contribution is -2.61. The monoisotopic (exact) mass is 405 g/mol. The molecule has 0 N–H and O–H groups in total. The summed E-state index contributed by atoms with van der Waals surface area (Å²) in [4.78, 5) is 22.0. The predicted molar refractivity (Wildman–Crippen MR) is 112 cm³/mol. The summed E-state index contributed by atoms with van der Waals surface area (Å²) in [6, 6.07) is 12.4. The third kappa shape index (κ3) is 3.23. The highest BCUT2D eigenvalue weighted by Gasteiger charge is 2.57. The molecule has 0 radical (unpaired) electrons. The number of nitrogens with zero attached hydrogens (tertiary/aromatic N) is 5. The molecule has 1 atom stereocenters. The number of carbonyl (C=O) groups excluding carboxylic acids is 1. The molecule has 156 valence electrons. The van der Waals surface area contributed by atoms with Gasteiger partial charge in [-0.2, -0.15) is 5.10 Å². The van der Waals surface area contributed by atoms with Crippen LogP contribution in [-0.2, 0) is 13.6 Å². The van der Waals surface area contributed by atoms with Crippen molar-refractivity contribution in [1.82, 2.24) is 24.6 Å². The number of aryl methyl sites for hydroxylation is 3. The molecule has 7 heteroatoms. The van der Waals surface area contributed by atoms with Crippen LogP contribution in [-0.4, -0.2) is 56.7 Å². The Morgan fingerprint density at radius 1 is 1.20 bits per heavy atom. The number of amides is 1. The lowest BCUT2D eigenvalue weighted by atomic mass is 9.71. The van der Waals surface area contributed by atoms with Gasteiger partial charge in [0.25, 0.3) is 5.91 Å². The lowest BCUT2D eigenvalue weighted by molar-refractivity contribution is -0.00140. The first-order chi connectivity index (χ1) is 14.4. The summed E-state index contributed by atoms with van der Waals surface area (Å²) in [6.07, 6.45) is 1.79. The number of aromatic nitrogens is 3. The first-order valence-corrected chi connectivity index (χ1v) is 10.4. The fraction of sp³-hybridized carbons (Fsp3) is 0.435. The van der Waals surface area contributed by atoms with E-state index >= 15 is 0 Å². The second-order valence-corrected chi connectivity index (χ2v) is 8.84. The van der Waals surface area contributed by atoms with Gasteiger partial charge >= 0.3 is 0 Å². The Balaban J connectivity index is 1.36. The smallest absolute Gasteiger partial charge is 0.272 e. The van der Waals surface area contributed by atoms with Crippen molar-refractivity contribution in [3.63, 3.8) is 0 Å². The van der Waals surface area contributed by atoms with E-state index in [0.29, 0.717) is 18.8 Å². The normalized spacial score (nSPS) is 20.6. The van der Waals surface area contributed by atoms with Gasteiger partial charge in [-0.05, 0) is 25.5 Å². The van der Waals surface area contributed by atoms with Crippen molar-refractivity contribution >= 4 is 5.91 Å². The summed E-state index contributed by atoms with van der Waals surface area (Å²) in [6.45, 7) is 7.99. The molecule has 2 aliphatic rings. The molecule has 3 aromatic rings. The number of carbonyl (C=O) groups is 1. The topological polar surface area (TPSA) is 67.4 Å². The van der Waals surface area contributed by atoms with Crippen molar-refractivity contribution in [2.75, 3.05) is 26.2 Å². The Hall–Kier alpha value is -2.93.